The highest BCUT2D eigenvalue weighted by Crippen LogP contribution is 2.32. The van der Waals surface area contributed by atoms with Crippen molar-refractivity contribution in [2.45, 2.75) is 59.2 Å². The summed E-state index contributed by atoms with van der Waals surface area (Å²) in [5.74, 6) is 5.76. The number of benzene rings is 1. The zero-order valence-corrected chi connectivity index (χ0v) is 21.6. The molecule has 0 bridgehead atoms. The number of rotatable bonds is 9. The van der Waals surface area contributed by atoms with Gasteiger partial charge in [0, 0.05) is 12.6 Å². The molecular weight excluding hydrogens is 452 g/mol. The van der Waals surface area contributed by atoms with E-state index in [0.29, 0.717) is 35.3 Å². The Bertz CT molecular complexity index is 1320. The Labute approximate surface area is 212 Å². The number of aromatic nitrogens is 3. The first-order chi connectivity index (χ1) is 17.2. The molecule has 36 heavy (non-hydrogen) atoms. The quantitative estimate of drug-likeness (QED) is 0.347. The van der Waals surface area contributed by atoms with Crippen LogP contribution in [0.1, 0.15) is 74.7 Å². The van der Waals surface area contributed by atoms with Crippen molar-refractivity contribution in [1.29, 1.82) is 0 Å². The van der Waals surface area contributed by atoms with Gasteiger partial charge in [-0.1, -0.05) is 49.8 Å². The third-order valence-corrected chi connectivity index (χ3v) is 6.18. The molecule has 0 aliphatic heterocycles. The molecule has 3 N–H and O–H groups in total. The van der Waals surface area contributed by atoms with Gasteiger partial charge in [0.15, 0.2) is 0 Å². The zero-order valence-electron chi connectivity index (χ0n) is 21.6. The molecule has 8 heteroatoms. The van der Waals surface area contributed by atoms with E-state index in [-0.39, 0.29) is 35.8 Å². The van der Waals surface area contributed by atoms with Crippen LogP contribution in [0, 0.1) is 11.8 Å². The number of hydrogen-bond acceptors (Lipinski definition) is 5. The van der Waals surface area contributed by atoms with Gasteiger partial charge in [-0.25, -0.2) is 9.97 Å². The van der Waals surface area contributed by atoms with Gasteiger partial charge in [0.25, 0.3) is 5.91 Å². The third kappa shape index (κ3) is 5.25. The lowest BCUT2D eigenvalue weighted by Gasteiger charge is -2.29. The van der Waals surface area contributed by atoms with Gasteiger partial charge in [-0.3, -0.25) is 9.59 Å². The van der Waals surface area contributed by atoms with Crippen LogP contribution in [0.15, 0.2) is 49.3 Å². The van der Waals surface area contributed by atoms with Gasteiger partial charge in [-0.05, 0) is 51.7 Å². The third-order valence-electron chi connectivity index (χ3n) is 6.18. The summed E-state index contributed by atoms with van der Waals surface area (Å²) in [4.78, 5) is 36.7. The molecule has 3 rings (SSSR count). The number of nitrogen functional groups attached to an aromatic ring is 1. The number of carbonyl (C=O) groups is 2. The second-order valence-electron chi connectivity index (χ2n) is 8.91. The summed E-state index contributed by atoms with van der Waals surface area (Å²) in [5.41, 5.74) is 8.63. The normalized spacial score (nSPS) is 12.5. The van der Waals surface area contributed by atoms with Gasteiger partial charge < -0.3 is 20.5 Å². The summed E-state index contributed by atoms with van der Waals surface area (Å²) in [5, 5.41) is 3.60. The SMILES string of the molecule is C=CC(=O)N(C[C@@H](C)n1c(C#CC)c(C(=O)N[C@H](CC)c2ccccc2)c2c(N)ncnc21)C(C)C. The highest BCUT2D eigenvalue weighted by molar-refractivity contribution is 6.12. The molecule has 0 spiro atoms. The first-order valence-electron chi connectivity index (χ1n) is 12.1. The molecule has 2 heterocycles. The summed E-state index contributed by atoms with van der Waals surface area (Å²) in [6.07, 6.45) is 3.39. The van der Waals surface area contributed by atoms with Crippen LogP contribution < -0.4 is 11.1 Å². The van der Waals surface area contributed by atoms with Crippen molar-refractivity contribution < 1.29 is 9.59 Å². The van der Waals surface area contributed by atoms with Crippen LogP contribution >= 0.6 is 0 Å². The van der Waals surface area contributed by atoms with Crippen molar-refractivity contribution in [3.05, 3.63) is 66.1 Å². The molecule has 0 saturated heterocycles. The van der Waals surface area contributed by atoms with Gasteiger partial charge >= 0.3 is 0 Å². The Morgan fingerprint density at radius 2 is 1.92 bits per heavy atom. The molecule has 0 aliphatic rings. The molecular formula is C28H34N6O2. The van der Waals surface area contributed by atoms with Crippen LogP contribution in [-0.2, 0) is 4.79 Å². The molecule has 1 aromatic carbocycles. The fraction of sp³-hybridized carbons (Fsp3) is 0.357. The summed E-state index contributed by atoms with van der Waals surface area (Å²) < 4.78 is 1.88. The predicted molar refractivity (Wildman–Crippen MR) is 143 cm³/mol. The van der Waals surface area contributed by atoms with Gasteiger partial charge in [0.2, 0.25) is 5.91 Å². The monoisotopic (exact) mass is 486 g/mol. The van der Waals surface area contributed by atoms with Gasteiger partial charge in [0.1, 0.15) is 23.5 Å². The van der Waals surface area contributed by atoms with Gasteiger partial charge in [0.05, 0.1) is 23.0 Å². The Morgan fingerprint density at radius 3 is 2.50 bits per heavy atom. The minimum atomic E-state index is -0.302. The number of nitrogens with two attached hydrogens (primary N) is 1. The molecule has 188 valence electrons. The minimum absolute atomic E-state index is 0.0425. The first-order valence-corrected chi connectivity index (χ1v) is 12.1. The number of amides is 2. The maximum absolute atomic E-state index is 13.8. The predicted octanol–water partition coefficient (Wildman–Crippen LogP) is 4.25. The van der Waals surface area contributed by atoms with Gasteiger partial charge in [-0.2, -0.15) is 0 Å². The molecule has 2 aromatic heterocycles. The number of nitrogens with one attached hydrogen (secondary N) is 1. The molecule has 3 aromatic rings. The summed E-state index contributed by atoms with van der Waals surface area (Å²) in [6, 6.07) is 9.32. The Balaban J connectivity index is 2.16. The summed E-state index contributed by atoms with van der Waals surface area (Å²) in [7, 11) is 0. The van der Waals surface area contributed by atoms with E-state index in [0.717, 1.165) is 5.56 Å². The van der Waals surface area contributed by atoms with Crippen LogP contribution in [0.25, 0.3) is 11.0 Å². The smallest absolute Gasteiger partial charge is 0.255 e. The fourth-order valence-electron chi connectivity index (χ4n) is 4.42. The van der Waals surface area contributed by atoms with E-state index in [9.17, 15) is 9.59 Å². The molecule has 2 atom stereocenters. The van der Waals surface area contributed by atoms with Crippen LogP contribution in [0.4, 0.5) is 5.82 Å². The van der Waals surface area contributed by atoms with Crippen molar-refractivity contribution in [2.24, 2.45) is 0 Å². The van der Waals surface area contributed by atoms with Crippen molar-refractivity contribution in [3.8, 4) is 11.8 Å². The maximum Gasteiger partial charge on any atom is 0.255 e. The number of hydrogen-bond donors (Lipinski definition) is 2. The van der Waals surface area contributed by atoms with Crippen molar-refractivity contribution in [3.63, 3.8) is 0 Å². The fourth-order valence-corrected chi connectivity index (χ4v) is 4.42. The van der Waals surface area contributed by atoms with Crippen LogP contribution in [0.3, 0.4) is 0 Å². The zero-order chi connectivity index (χ0) is 26.4. The Kier molecular flexibility index (Phi) is 8.49. The van der Waals surface area contributed by atoms with E-state index in [2.05, 4.69) is 33.7 Å². The molecule has 8 nitrogen and oxygen atoms in total. The van der Waals surface area contributed by atoms with E-state index in [1.165, 1.54) is 12.4 Å². The van der Waals surface area contributed by atoms with Crippen molar-refractivity contribution >= 4 is 28.7 Å². The van der Waals surface area contributed by atoms with Crippen molar-refractivity contribution in [2.75, 3.05) is 12.3 Å². The maximum atomic E-state index is 13.8. The minimum Gasteiger partial charge on any atom is -0.383 e. The van der Waals surface area contributed by atoms with E-state index < -0.39 is 0 Å². The number of carbonyl (C=O) groups excluding carboxylic acids is 2. The second kappa shape index (κ2) is 11.5. The molecule has 0 fully saturated rings. The topological polar surface area (TPSA) is 106 Å². The standard InChI is InChI=1S/C28H34N6O2/c1-7-13-22-24(28(36)32-21(8-2)20-14-11-10-12-15-20)25-26(29)30-17-31-27(25)34(22)19(6)16-33(18(4)5)23(35)9-3/h9-12,14-15,17-19,21H,3,8,16H2,1-2,4-6H3,(H,32,36)(H2,29,30,31)/t19-,21-/m1/s1. The van der Waals surface area contributed by atoms with Crippen LogP contribution in [0.5, 0.6) is 0 Å². The van der Waals surface area contributed by atoms with E-state index in [4.69, 9.17) is 5.73 Å². The number of fused-ring (bicyclic) bond motifs is 1. The molecule has 0 unspecified atom stereocenters. The van der Waals surface area contributed by atoms with Crippen molar-refractivity contribution in [1.82, 2.24) is 24.8 Å². The first kappa shape index (κ1) is 26.5. The van der Waals surface area contributed by atoms with Crippen LogP contribution in [-0.4, -0.2) is 43.8 Å². The van der Waals surface area contributed by atoms with E-state index >= 15 is 0 Å². The number of nitrogens with zero attached hydrogens (tertiary/aromatic N) is 4. The van der Waals surface area contributed by atoms with E-state index in [1.54, 1.807) is 11.8 Å². The highest BCUT2D eigenvalue weighted by atomic mass is 16.2. The highest BCUT2D eigenvalue weighted by Gasteiger charge is 2.29. The molecule has 2 amide bonds. The lowest BCUT2D eigenvalue weighted by molar-refractivity contribution is -0.128. The Morgan fingerprint density at radius 1 is 1.22 bits per heavy atom. The summed E-state index contributed by atoms with van der Waals surface area (Å²) in [6.45, 7) is 13.6. The van der Waals surface area contributed by atoms with Crippen LogP contribution in [0.2, 0.25) is 0 Å². The number of anilines is 1. The average molecular weight is 487 g/mol. The summed E-state index contributed by atoms with van der Waals surface area (Å²) >= 11 is 0. The lowest BCUT2D eigenvalue weighted by atomic mass is 10.0. The van der Waals surface area contributed by atoms with Gasteiger partial charge in [-0.15, -0.1) is 0 Å². The largest absolute Gasteiger partial charge is 0.383 e. The lowest BCUT2D eigenvalue weighted by Crippen LogP contribution is -2.39. The Hall–Kier alpha value is -4.12. The van der Waals surface area contributed by atoms with E-state index in [1.807, 2.05) is 62.6 Å². The molecule has 0 aliphatic carbocycles. The molecule has 0 radical (unpaired) electrons. The second-order valence-corrected chi connectivity index (χ2v) is 8.91. The average Bonchev–Trinajstić information content (AvgIpc) is 3.21. The molecule has 0 saturated carbocycles.